The Morgan fingerprint density at radius 1 is 1.14 bits per heavy atom. The van der Waals surface area contributed by atoms with Gasteiger partial charge in [-0.15, -0.1) is 5.10 Å². The summed E-state index contributed by atoms with van der Waals surface area (Å²) in [7, 11) is -0.697. The Labute approximate surface area is 300 Å². The van der Waals surface area contributed by atoms with Crippen molar-refractivity contribution in [1.29, 1.82) is 0 Å². The highest BCUT2D eigenvalue weighted by atomic mass is 28.3. The van der Waals surface area contributed by atoms with E-state index in [-0.39, 0.29) is 41.9 Å². The third kappa shape index (κ3) is 6.39. The van der Waals surface area contributed by atoms with Crippen molar-refractivity contribution in [2.24, 2.45) is 11.8 Å². The monoisotopic (exact) mass is 708 g/mol. The first-order chi connectivity index (χ1) is 24.7. The van der Waals surface area contributed by atoms with Gasteiger partial charge in [0.05, 0.1) is 38.6 Å². The van der Waals surface area contributed by atoms with E-state index in [0.29, 0.717) is 31.6 Å². The Morgan fingerprint density at radius 3 is 2.63 bits per heavy atom. The van der Waals surface area contributed by atoms with Gasteiger partial charge in [0, 0.05) is 55.2 Å². The van der Waals surface area contributed by atoms with Crippen LogP contribution in [0.25, 0.3) is 0 Å². The number of anilines is 3. The van der Waals surface area contributed by atoms with E-state index in [1.54, 1.807) is 16.7 Å². The maximum atomic E-state index is 15.2. The largest absolute Gasteiger partial charge is 0.497 e. The van der Waals surface area contributed by atoms with Crippen LogP contribution in [0.3, 0.4) is 0 Å². The fourth-order valence-corrected chi connectivity index (χ4v) is 12.7. The van der Waals surface area contributed by atoms with Crippen LogP contribution in [-0.4, -0.2) is 72.9 Å². The van der Waals surface area contributed by atoms with E-state index < -0.39 is 13.7 Å². The number of methoxy groups -OCH3 is 1. The van der Waals surface area contributed by atoms with E-state index in [4.69, 9.17) is 9.47 Å². The van der Waals surface area contributed by atoms with Crippen molar-refractivity contribution in [2.75, 3.05) is 37.0 Å². The number of nitrogens with one attached hydrogen (secondary N) is 2. The number of rotatable bonds is 11. The predicted molar refractivity (Wildman–Crippen MR) is 199 cm³/mol. The number of ether oxygens (including phenoxy) is 2. The molecule has 0 aliphatic carbocycles. The topological polar surface area (TPSA) is 131 Å². The second-order valence-corrected chi connectivity index (χ2v) is 19.3. The average molecular weight is 709 g/mol. The van der Waals surface area contributed by atoms with Gasteiger partial charge in [-0.05, 0) is 73.8 Å². The van der Waals surface area contributed by atoms with Gasteiger partial charge in [-0.2, -0.15) is 0 Å². The van der Waals surface area contributed by atoms with Crippen molar-refractivity contribution in [2.45, 2.75) is 69.5 Å². The molecule has 3 aromatic carbocycles. The summed E-state index contributed by atoms with van der Waals surface area (Å²) in [5, 5.41) is 25.7. The van der Waals surface area contributed by atoms with Gasteiger partial charge >= 0.3 is 0 Å². The lowest BCUT2D eigenvalue weighted by atomic mass is 9.82. The number of carbonyl (C=O) groups excluding carboxylic acids is 2. The SMILES string of the molecule is COc1ccc([Si](C)(C)[C@H]2[C@H](CCn3cc(CCO)nn3)O[C@@]3(C(=O)N(c4ccccc4)c4ccc(NC(=O)C5CCCNC5)cc43)[C@@H]2C)cc1. The number of aromatic nitrogens is 3. The maximum absolute atomic E-state index is 15.2. The number of aliphatic hydroxyl groups is 1. The summed E-state index contributed by atoms with van der Waals surface area (Å²) in [6.07, 6.45) is 4.45. The van der Waals surface area contributed by atoms with Crippen LogP contribution in [0.5, 0.6) is 5.75 Å². The number of piperidine rings is 1. The van der Waals surface area contributed by atoms with E-state index in [1.807, 2.05) is 66.9 Å². The first-order valence-electron chi connectivity index (χ1n) is 18.0. The molecule has 1 spiro atoms. The molecule has 11 nitrogen and oxygen atoms in total. The zero-order chi connectivity index (χ0) is 35.8. The molecule has 0 radical (unpaired) electrons. The zero-order valence-electron chi connectivity index (χ0n) is 29.8. The Hall–Kier alpha value is -4.36. The molecule has 2 saturated heterocycles. The highest BCUT2D eigenvalue weighted by Crippen LogP contribution is 2.61. The highest BCUT2D eigenvalue weighted by Gasteiger charge is 2.66. The Balaban J connectivity index is 1.31. The first kappa shape index (κ1) is 35.1. The second-order valence-electron chi connectivity index (χ2n) is 14.6. The van der Waals surface area contributed by atoms with Crippen LogP contribution in [0.15, 0.2) is 79.0 Å². The smallest absolute Gasteiger partial charge is 0.268 e. The van der Waals surface area contributed by atoms with Crippen molar-refractivity contribution < 1.29 is 24.2 Å². The lowest BCUT2D eigenvalue weighted by molar-refractivity contribution is -0.145. The molecule has 1 unspecified atom stereocenters. The molecule has 7 rings (SSSR count). The minimum absolute atomic E-state index is 0.00755. The molecule has 268 valence electrons. The highest BCUT2D eigenvalue weighted by molar-refractivity contribution is 6.91. The molecular weight excluding hydrogens is 661 g/mol. The van der Waals surface area contributed by atoms with Crippen LogP contribution in [0.1, 0.15) is 37.4 Å². The van der Waals surface area contributed by atoms with E-state index in [9.17, 15) is 9.90 Å². The van der Waals surface area contributed by atoms with Crippen LogP contribution >= 0.6 is 0 Å². The summed E-state index contributed by atoms with van der Waals surface area (Å²) < 4.78 is 14.6. The Morgan fingerprint density at radius 2 is 1.92 bits per heavy atom. The zero-order valence-corrected chi connectivity index (χ0v) is 30.8. The molecule has 3 aliphatic heterocycles. The number of para-hydroxylation sites is 1. The van der Waals surface area contributed by atoms with Crippen LogP contribution < -0.4 is 25.5 Å². The summed E-state index contributed by atoms with van der Waals surface area (Å²) in [5.74, 6) is 0.353. The molecule has 51 heavy (non-hydrogen) atoms. The van der Waals surface area contributed by atoms with Crippen LogP contribution in [0, 0.1) is 11.8 Å². The molecule has 4 heterocycles. The van der Waals surface area contributed by atoms with E-state index >= 15 is 4.79 Å². The Kier molecular flexibility index (Phi) is 9.86. The van der Waals surface area contributed by atoms with Crippen LogP contribution in [0.2, 0.25) is 18.6 Å². The lowest BCUT2D eigenvalue weighted by Gasteiger charge is -2.37. The van der Waals surface area contributed by atoms with Crippen molar-refractivity contribution in [1.82, 2.24) is 20.3 Å². The van der Waals surface area contributed by atoms with Gasteiger partial charge in [-0.25, -0.2) is 0 Å². The molecule has 3 aliphatic rings. The summed E-state index contributed by atoms with van der Waals surface area (Å²) in [6, 6.07) is 23.9. The fraction of sp³-hybridized carbons (Fsp3) is 0.436. The third-order valence-corrected chi connectivity index (χ3v) is 15.6. The predicted octanol–water partition coefficient (Wildman–Crippen LogP) is 4.74. The number of carbonyl (C=O) groups is 2. The van der Waals surface area contributed by atoms with E-state index in [1.165, 1.54) is 5.19 Å². The second kappa shape index (κ2) is 14.3. The minimum atomic E-state index is -2.37. The number of amides is 2. The van der Waals surface area contributed by atoms with E-state index in [2.05, 4.69) is 53.1 Å². The third-order valence-electron chi connectivity index (χ3n) is 11.3. The molecule has 2 amide bonds. The van der Waals surface area contributed by atoms with Gasteiger partial charge in [0.1, 0.15) is 5.75 Å². The molecule has 0 bridgehead atoms. The normalized spacial score (nSPS) is 24.6. The van der Waals surface area contributed by atoms with Gasteiger partial charge in [-0.3, -0.25) is 19.2 Å². The van der Waals surface area contributed by atoms with Crippen molar-refractivity contribution in [3.63, 3.8) is 0 Å². The molecule has 12 heteroatoms. The average Bonchev–Trinajstić information content (AvgIpc) is 3.80. The van der Waals surface area contributed by atoms with Crippen molar-refractivity contribution >= 4 is 42.1 Å². The number of hydrogen-bond donors (Lipinski definition) is 3. The molecule has 3 N–H and O–H groups in total. The number of hydrogen-bond acceptors (Lipinski definition) is 8. The first-order valence-corrected chi connectivity index (χ1v) is 21.1. The van der Waals surface area contributed by atoms with Crippen molar-refractivity contribution in [3.8, 4) is 5.75 Å². The summed E-state index contributed by atoms with van der Waals surface area (Å²) >= 11 is 0. The number of aliphatic hydroxyl groups excluding tert-OH is 1. The van der Waals surface area contributed by atoms with Gasteiger partial charge in [-0.1, -0.05) is 60.7 Å². The van der Waals surface area contributed by atoms with Gasteiger partial charge < -0.3 is 25.2 Å². The summed E-state index contributed by atoms with van der Waals surface area (Å²) in [6.45, 7) is 9.04. The minimum Gasteiger partial charge on any atom is -0.497 e. The van der Waals surface area contributed by atoms with E-state index in [0.717, 1.165) is 47.8 Å². The summed E-state index contributed by atoms with van der Waals surface area (Å²) in [4.78, 5) is 30.4. The molecule has 2 fully saturated rings. The molecule has 0 saturated carbocycles. The number of aryl methyl sites for hydroxylation is 1. The molecule has 5 atom stereocenters. The Bertz CT molecular complexity index is 1860. The van der Waals surface area contributed by atoms with Gasteiger partial charge in [0.15, 0.2) is 5.60 Å². The quantitative estimate of drug-likeness (QED) is 0.191. The molecule has 4 aromatic rings. The fourth-order valence-electron chi connectivity index (χ4n) is 8.68. The molecule has 1 aromatic heterocycles. The number of nitrogens with zero attached hydrogens (tertiary/aromatic N) is 4. The van der Waals surface area contributed by atoms with Crippen LogP contribution in [-0.2, 0) is 32.9 Å². The van der Waals surface area contributed by atoms with Crippen LogP contribution in [0.4, 0.5) is 17.1 Å². The molecular formula is C39H48N6O5Si. The van der Waals surface area contributed by atoms with Crippen molar-refractivity contribution in [3.05, 3.63) is 90.3 Å². The number of benzene rings is 3. The lowest BCUT2D eigenvalue weighted by Crippen LogP contribution is -2.51. The number of fused-ring (bicyclic) bond motifs is 2. The van der Waals surface area contributed by atoms with Gasteiger partial charge in [0.25, 0.3) is 5.91 Å². The standard InChI is InChI=1S/C39H48N6O5Si/c1-26-36(51(3,4)32-15-13-31(49-2)14-16-32)35(18-21-44-25-29(19-22-46)42-43-44)50-39(26)33-23-28(41-37(47)27-9-8-20-40-24-27)12-17-34(33)45(38(39)48)30-10-6-5-7-11-30/h5-7,10-17,23,25-27,35-36,40,46H,8-9,18-22,24H2,1-4H3,(H,41,47)/t26-,27?,35+,36-,39+/m1/s1. The maximum Gasteiger partial charge on any atom is 0.268 e. The van der Waals surface area contributed by atoms with Gasteiger partial charge in [0.2, 0.25) is 5.91 Å². The summed E-state index contributed by atoms with van der Waals surface area (Å²) in [5.41, 5.74) is 2.46.